The molecule has 0 saturated heterocycles. The second-order valence-corrected chi connectivity index (χ2v) is 4.25. The average Bonchev–Trinajstić information content (AvgIpc) is 2.48. The fourth-order valence-corrected chi connectivity index (χ4v) is 1.92. The molecule has 0 aromatic heterocycles. The van der Waals surface area contributed by atoms with E-state index in [0.717, 1.165) is 11.3 Å². The van der Waals surface area contributed by atoms with Gasteiger partial charge in [0.1, 0.15) is 0 Å². The third kappa shape index (κ3) is 3.85. The maximum absolute atomic E-state index is 11.5. The van der Waals surface area contributed by atoms with Crippen LogP contribution in [0.1, 0.15) is 18.0 Å². The van der Waals surface area contributed by atoms with Crippen molar-refractivity contribution in [2.45, 2.75) is 12.5 Å². The van der Waals surface area contributed by atoms with Crippen LogP contribution in [0.25, 0.3) is 0 Å². The quantitative estimate of drug-likeness (QED) is 0.832. The largest absolute Gasteiger partial charge is 0.469 e. The molecule has 1 N–H and O–H groups in total. The molecule has 2 aromatic carbocycles. The van der Waals surface area contributed by atoms with Crippen molar-refractivity contribution in [2.24, 2.45) is 0 Å². The van der Waals surface area contributed by atoms with Crippen LogP contribution in [0.5, 0.6) is 0 Å². The van der Waals surface area contributed by atoms with E-state index >= 15 is 0 Å². The number of carbonyl (C=O) groups excluding carboxylic acids is 1. The molecule has 19 heavy (non-hydrogen) atoms. The normalized spacial score (nSPS) is 11.6. The molecule has 3 heteroatoms. The van der Waals surface area contributed by atoms with Gasteiger partial charge < -0.3 is 10.1 Å². The summed E-state index contributed by atoms with van der Waals surface area (Å²) in [5.74, 6) is -0.225. The summed E-state index contributed by atoms with van der Waals surface area (Å²) in [7, 11) is 1.41. The Labute approximate surface area is 113 Å². The minimum atomic E-state index is -0.225. The highest BCUT2D eigenvalue weighted by Gasteiger charge is 2.15. The summed E-state index contributed by atoms with van der Waals surface area (Å²) in [5.41, 5.74) is 2.05. The van der Waals surface area contributed by atoms with Crippen molar-refractivity contribution in [1.82, 2.24) is 0 Å². The van der Waals surface area contributed by atoms with Crippen molar-refractivity contribution in [2.75, 3.05) is 12.4 Å². The fraction of sp³-hybridized carbons (Fsp3) is 0.188. The third-order valence-electron chi connectivity index (χ3n) is 2.92. The van der Waals surface area contributed by atoms with E-state index in [1.54, 1.807) is 0 Å². The Bertz CT molecular complexity index is 511. The summed E-state index contributed by atoms with van der Waals surface area (Å²) < 4.78 is 4.76. The van der Waals surface area contributed by atoms with Gasteiger partial charge in [0.2, 0.25) is 0 Å². The Hall–Kier alpha value is -2.29. The smallest absolute Gasteiger partial charge is 0.307 e. The Morgan fingerprint density at radius 2 is 1.63 bits per heavy atom. The number of methoxy groups -OCH3 is 1. The van der Waals surface area contributed by atoms with E-state index in [1.165, 1.54) is 7.11 Å². The molecule has 98 valence electrons. The Morgan fingerprint density at radius 3 is 2.21 bits per heavy atom. The first-order chi connectivity index (χ1) is 9.29. The van der Waals surface area contributed by atoms with Crippen LogP contribution in [0.3, 0.4) is 0 Å². The van der Waals surface area contributed by atoms with E-state index in [2.05, 4.69) is 5.32 Å². The number of rotatable bonds is 5. The highest BCUT2D eigenvalue weighted by Crippen LogP contribution is 2.22. The van der Waals surface area contributed by atoms with E-state index in [4.69, 9.17) is 4.74 Å². The van der Waals surface area contributed by atoms with Crippen LogP contribution in [-0.2, 0) is 9.53 Å². The van der Waals surface area contributed by atoms with Crippen molar-refractivity contribution in [3.63, 3.8) is 0 Å². The Morgan fingerprint density at radius 1 is 1.05 bits per heavy atom. The zero-order chi connectivity index (χ0) is 13.5. The zero-order valence-corrected chi connectivity index (χ0v) is 10.9. The third-order valence-corrected chi connectivity index (χ3v) is 2.92. The summed E-state index contributed by atoms with van der Waals surface area (Å²) in [4.78, 5) is 11.5. The van der Waals surface area contributed by atoms with E-state index in [0.29, 0.717) is 6.42 Å². The molecule has 0 aliphatic heterocycles. The summed E-state index contributed by atoms with van der Waals surface area (Å²) in [6.07, 6.45) is 0.301. The molecule has 0 amide bonds. The maximum Gasteiger partial charge on any atom is 0.307 e. The van der Waals surface area contributed by atoms with Crippen molar-refractivity contribution in [3.8, 4) is 0 Å². The van der Waals surface area contributed by atoms with Gasteiger partial charge in [0.15, 0.2) is 0 Å². The maximum atomic E-state index is 11.5. The van der Waals surface area contributed by atoms with Crippen LogP contribution in [0.15, 0.2) is 60.7 Å². The second kappa shape index (κ2) is 6.59. The summed E-state index contributed by atoms with van der Waals surface area (Å²) >= 11 is 0. The van der Waals surface area contributed by atoms with E-state index in [9.17, 15) is 4.79 Å². The molecule has 0 fully saturated rings. The number of hydrogen-bond donors (Lipinski definition) is 1. The number of benzene rings is 2. The lowest BCUT2D eigenvalue weighted by Gasteiger charge is -2.19. The first kappa shape index (κ1) is 13.1. The fourth-order valence-electron chi connectivity index (χ4n) is 1.92. The Balaban J connectivity index is 2.17. The van der Waals surface area contributed by atoms with E-state index in [1.807, 2.05) is 60.7 Å². The van der Waals surface area contributed by atoms with Crippen molar-refractivity contribution in [3.05, 3.63) is 66.2 Å². The van der Waals surface area contributed by atoms with Crippen molar-refractivity contribution >= 4 is 11.7 Å². The Kier molecular flexibility index (Phi) is 4.56. The van der Waals surface area contributed by atoms with Crippen LogP contribution >= 0.6 is 0 Å². The molecule has 0 aliphatic rings. The molecule has 0 unspecified atom stereocenters. The topological polar surface area (TPSA) is 38.3 Å². The van der Waals surface area contributed by atoms with Crippen LogP contribution < -0.4 is 5.32 Å². The zero-order valence-electron chi connectivity index (χ0n) is 10.9. The lowest BCUT2D eigenvalue weighted by Crippen LogP contribution is -2.16. The van der Waals surface area contributed by atoms with Crippen molar-refractivity contribution in [1.29, 1.82) is 0 Å². The number of para-hydroxylation sites is 1. The van der Waals surface area contributed by atoms with Gasteiger partial charge in [-0.3, -0.25) is 4.79 Å². The van der Waals surface area contributed by atoms with Crippen LogP contribution in [0.4, 0.5) is 5.69 Å². The minimum absolute atomic E-state index is 0.0870. The predicted octanol–water partition coefficient (Wildman–Crippen LogP) is 3.40. The minimum Gasteiger partial charge on any atom is -0.469 e. The molecular formula is C16H17NO2. The number of esters is 1. The van der Waals surface area contributed by atoms with E-state index < -0.39 is 0 Å². The van der Waals surface area contributed by atoms with Gasteiger partial charge in [-0.15, -0.1) is 0 Å². The van der Waals surface area contributed by atoms with Crippen LogP contribution in [-0.4, -0.2) is 13.1 Å². The van der Waals surface area contributed by atoms with Gasteiger partial charge in [-0.2, -0.15) is 0 Å². The first-order valence-corrected chi connectivity index (χ1v) is 6.23. The SMILES string of the molecule is COC(=O)C[C@@H](Nc1ccccc1)c1ccccc1. The average molecular weight is 255 g/mol. The lowest BCUT2D eigenvalue weighted by molar-refractivity contribution is -0.140. The molecule has 0 bridgehead atoms. The van der Waals surface area contributed by atoms with Crippen LogP contribution in [0, 0.1) is 0 Å². The van der Waals surface area contributed by atoms with Gasteiger partial charge in [0.05, 0.1) is 19.6 Å². The molecule has 2 rings (SSSR count). The van der Waals surface area contributed by atoms with Gasteiger partial charge in [-0.25, -0.2) is 0 Å². The second-order valence-electron chi connectivity index (χ2n) is 4.25. The van der Waals surface area contributed by atoms with Gasteiger partial charge in [-0.1, -0.05) is 48.5 Å². The van der Waals surface area contributed by atoms with Gasteiger partial charge in [0.25, 0.3) is 0 Å². The number of nitrogens with one attached hydrogen (secondary N) is 1. The summed E-state index contributed by atoms with van der Waals surface area (Å²) in [5, 5.41) is 3.36. The monoisotopic (exact) mass is 255 g/mol. The van der Waals surface area contributed by atoms with Crippen LogP contribution in [0.2, 0.25) is 0 Å². The molecule has 0 spiro atoms. The molecule has 2 aromatic rings. The first-order valence-electron chi connectivity index (χ1n) is 6.23. The van der Waals surface area contributed by atoms with Gasteiger partial charge >= 0.3 is 5.97 Å². The number of carbonyl (C=O) groups is 1. The molecule has 0 saturated carbocycles. The van der Waals surface area contributed by atoms with E-state index in [-0.39, 0.29) is 12.0 Å². The number of hydrogen-bond acceptors (Lipinski definition) is 3. The molecule has 0 aliphatic carbocycles. The molecular weight excluding hydrogens is 238 g/mol. The lowest BCUT2D eigenvalue weighted by atomic mass is 10.0. The predicted molar refractivity (Wildman–Crippen MR) is 75.9 cm³/mol. The summed E-state index contributed by atoms with van der Waals surface area (Å²) in [6.45, 7) is 0. The highest BCUT2D eigenvalue weighted by molar-refractivity contribution is 5.71. The van der Waals surface area contributed by atoms with Gasteiger partial charge in [-0.05, 0) is 17.7 Å². The van der Waals surface area contributed by atoms with Crippen molar-refractivity contribution < 1.29 is 9.53 Å². The molecule has 3 nitrogen and oxygen atoms in total. The highest BCUT2D eigenvalue weighted by atomic mass is 16.5. The summed E-state index contributed by atoms with van der Waals surface area (Å²) in [6, 6.07) is 19.7. The molecule has 1 atom stereocenters. The molecule has 0 heterocycles. The number of anilines is 1. The van der Waals surface area contributed by atoms with Gasteiger partial charge in [0, 0.05) is 5.69 Å². The molecule has 0 radical (unpaired) electrons. The standard InChI is InChI=1S/C16H17NO2/c1-19-16(18)12-15(13-8-4-2-5-9-13)17-14-10-6-3-7-11-14/h2-11,15,17H,12H2,1H3/t15-/m1/s1. The number of ether oxygens (including phenoxy) is 1.